The van der Waals surface area contributed by atoms with Gasteiger partial charge in [0.2, 0.25) is 0 Å². The van der Waals surface area contributed by atoms with Gasteiger partial charge < -0.3 is 4.55 Å². The summed E-state index contributed by atoms with van der Waals surface area (Å²) < 4.78 is 19.5. The molecular weight excluding hydrogens is 328 g/mol. The number of pyridine rings is 1. The SMILES string of the molecule is CCCC[S+]([O-])N[C@H](C)c1nc(-c2ccnc(C3CC3)c2)ns1. The molecule has 1 unspecified atom stereocenters. The molecule has 0 aromatic carbocycles. The van der Waals surface area contributed by atoms with Crippen LogP contribution in [0.15, 0.2) is 18.3 Å². The summed E-state index contributed by atoms with van der Waals surface area (Å²) >= 11 is 0.361. The second-order valence-electron chi connectivity index (χ2n) is 5.94. The summed E-state index contributed by atoms with van der Waals surface area (Å²) in [5.41, 5.74) is 2.16. The van der Waals surface area contributed by atoms with E-state index in [1.807, 2.05) is 19.2 Å². The fourth-order valence-electron chi connectivity index (χ4n) is 2.30. The Morgan fingerprint density at radius 3 is 3.04 bits per heavy atom. The summed E-state index contributed by atoms with van der Waals surface area (Å²) in [6.07, 6.45) is 6.32. The zero-order valence-electron chi connectivity index (χ0n) is 13.5. The number of hydrogen-bond donors (Lipinski definition) is 1. The van der Waals surface area contributed by atoms with Crippen molar-refractivity contribution < 1.29 is 4.55 Å². The Morgan fingerprint density at radius 1 is 1.48 bits per heavy atom. The molecule has 2 aromatic rings. The van der Waals surface area contributed by atoms with E-state index in [1.165, 1.54) is 24.4 Å². The summed E-state index contributed by atoms with van der Waals surface area (Å²) in [6.45, 7) is 4.08. The molecule has 1 aliphatic carbocycles. The summed E-state index contributed by atoms with van der Waals surface area (Å²) in [6, 6.07) is 4.00. The van der Waals surface area contributed by atoms with Crippen LogP contribution >= 0.6 is 11.5 Å². The Balaban J connectivity index is 1.66. The van der Waals surface area contributed by atoms with Gasteiger partial charge in [-0.05, 0) is 49.9 Å². The Labute approximate surface area is 144 Å². The number of nitrogens with zero attached hydrogens (tertiary/aromatic N) is 3. The molecule has 124 valence electrons. The van der Waals surface area contributed by atoms with Crippen LogP contribution in [0.25, 0.3) is 11.4 Å². The van der Waals surface area contributed by atoms with Gasteiger partial charge in [0, 0.05) is 34.7 Å². The average Bonchev–Trinajstić information content (AvgIpc) is 3.29. The lowest BCUT2D eigenvalue weighted by molar-refractivity contribution is 0.562. The molecule has 0 aliphatic heterocycles. The fraction of sp³-hybridized carbons (Fsp3) is 0.562. The number of aromatic nitrogens is 3. The van der Waals surface area contributed by atoms with Gasteiger partial charge >= 0.3 is 0 Å². The standard InChI is InChI=1S/C16H22N4OS2/c1-3-4-9-23(21)20-11(2)16-18-15(19-22-16)13-7-8-17-14(10-13)12-5-6-12/h7-8,10-12,20H,3-6,9H2,1-2H3/t11-,23?/m1/s1. The maximum absolute atomic E-state index is 11.9. The molecule has 2 heterocycles. The van der Waals surface area contributed by atoms with E-state index >= 15 is 0 Å². The van der Waals surface area contributed by atoms with E-state index in [9.17, 15) is 4.55 Å². The van der Waals surface area contributed by atoms with Crippen molar-refractivity contribution in [2.75, 3.05) is 5.75 Å². The molecule has 0 radical (unpaired) electrons. The van der Waals surface area contributed by atoms with Gasteiger partial charge in [-0.15, -0.1) is 4.72 Å². The van der Waals surface area contributed by atoms with Crippen LogP contribution in [0.4, 0.5) is 0 Å². The minimum atomic E-state index is -1.01. The maximum atomic E-state index is 11.9. The van der Waals surface area contributed by atoms with Gasteiger partial charge in [0.1, 0.15) is 16.8 Å². The van der Waals surface area contributed by atoms with E-state index in [1.54, 1.807) is 0 Å². The molecule has 2 atom stereocenters. The third-order valence-corrected chi connectivity index (χ3v) is 6.01. The Kier molecular flexibility index (Phi) is 5.63. The predicted octanol–water partition coefficient (Wildman–Crippen LogP) is 3.59. The predicted molar refractivity (Wildman–Crippen MR) is 94.6 cm³/mol. The fourth-order valence-corrected chi connectivity index (χ4v) is 4.22. The highest BCUT2D eigenvalue weighted by Gasteiger charge is 2.25. The van der Waals surface area contributed by atoms with E-state index in [0.29, 0.717) is 11.7 Å². The van der Waals surface area contributed by atoms with Crippen molar-refractivity contribution in [3.63, 3.8) is 0 Å². The Morgan fingerprint density at radius 2 is 2.30 bits per heavy atom. The van der Waals surface area contributed by atoms with Crippen LogP contribution in [0.1, 0.15) is 62.2 Å². The van der Waals surface area contributed by atoms with Crippen LogP contribution in [-0.2, 0) is 11.4 Å². The van der Waals surface area contributed by atoms with Crippen LogP contribution in [0.5, 0.6) is 0 Å². The first kappa shape index (κ1) is 16.8. The van der Waals surface area contributed by atoms with Crippen molar-refractivity contribution in [1.29, 1.82) is 0 Å². The Bertz CT molecular complexity index is 645. The quantitative estimate of drug-likeness (QED) is 0.737. The third kappa shape index (κ3) is 4.50. The summed E-state index contributed by atoms with van der Waals surface area (Å²) in [4.78, 5) is 9.05. The summed E-state index contributed by atoms with van der Waals surface area (Å²) in [5.74, 6) is 2.04. The highest BCUT2D eigenvalue weighted by Crippen LogP contribution is 2.39. The number of nitrogens with one attached hydrogen (secondary N) is 1. The van der Waals surface area contributed by atoms with Crippen molar-refractivity contribution in [2.45, 2.75) is 51.5 Å². The largest absolute Gasteiger partial charge is 0.598 e. The molecular formula is C16H22N4OS2. The van der Waals surface area contributed by atoms with Crippen LogP contribution in [0.3, 0.4) is 0 Å². The van der Waals surface area contributed by atoms with E-state index in [0.717, 1.165) is 34.9 Å². The van der Waals surface area contributed by atoms with Crippen LogP contribution in [0, 0.1) is 0 Å². The monoisotopic (exact) mass is 350 g/mol. The first-order valence-electron chi connectivity index (χ1n) is 8.12. The highest BCUT2D eigenvalue weighted by molar-refractivity contribution is 7.89. The minimum absolute atomic E-state index is 0.0521. The molecule has 23 heavy (non-hydrogen) atoms. The van der Waals surface area contributed by atoms with Crippen molar-refractivity contribution in [2.24, 2.45) is 0 Å². The number of hydrogen-bond acceptors (Lipinski definition) is 6. The molecule has 7 heteroatoms. The molecule has 5 nitrogen and oxygen atoms in total. The van der Waals surface area contributed by atoms with Gasteiger partial charge in [-0.2, -0.15) is 4.37 Å². The smallest absolute Gasteiger partial charge is 0.173 e. The average molecular weight is 351 g/mol. The lowest BCUT2D eigenvalue weighted by atomic mass is 10.2. The van der Waals surface area contributed by atoms with Gasteiger partial charge in [0.05, 0.1) is 0 Å². The van der Waals surface area contributed by atoms with Gasteiger partial charge in [0.25, 0.3) is 0 Å². The molecule has 1 fully saturated rings. The third-order valence-electron chi connectivity index (χ3n) is 3.84. The lowest BCUT2D eigenvalue weighted by Gasteiger charge is -2.14. The Hall–Kier alpha value is -1.02. The van der Waals surface area contributed by atoms with Crippen LogP contribution in [0.2, 0.25) is 0 Å². The second kappa shape index (κ2) is 7.70. The normalized spacial score (nSPS) is 17.2. The van der Waals surface area contributed by atoms with Crippen molar-refractivity contribution in [3.05, 3.63) is 29.0 Å². The van der Waals surface area contributed by atoms with E-state index in [4.69, 9.17) is 0 Å². The molecule has 2 aromatic heterocycles. The summed E-state index contributed by atoms with van der Waals surface area (Å²) in [7, 11) is 0. The summed E-state index contributed by atoms with van der Waals surface area (Å²) in [5, 5.41) is 0.870. The second-order valence-corrected chi connectivity index (χ2v) is 8.06. The van der Waals surface area contributed by atoms with Gasteiger partial charge in [0.15, 0.2) is 5.82 Å². The van der Waals surface area contributed by atoms with E-state index in [-0.39, 0.29) is 6.04 Å². The first-order chi connectivity index (χ1) is 11.2. The number of unbranched alkanes of at least 4 members (excludes halogenated alkanes) is 1. The van der Waals surface area contributed by atoms with Crippen molar-refractivity contribution >= 4 is 22.9 Å². The van der Waals surface area contributed by atoms with Crippen molar-refractivity contribution in [3.8, 4) is 11.4 Å². The topological polar surface area (TPSA) is 73.8 Å². The molecule has 0 spiro atoms. The zero-order chi connectivity index (χ0) is 16.2. The molecule has 0 amide bonds. The molecule has 1 N–H and O–H groups in total. The van der Waals surface area contributed by atoms with Gasteiger partial charge in [-0.3, -0.25) is 4.98 Å². The van der Waals surface area contributed by atoms with E-state index in [2.05, 4.69) is 32.1 Å². The van der Waals surface area contributed by atoms with Gasteiger partial charge in [-0.1, -0.05) is 13.3 Å². The molecule has 1 saturated carbocycles. The van der Waals surface area contributed by atoms with Gasteiger partial charge in [-0.25, -0.2) is 4.98 Å². The van der Waals surface area contributed by atoms with E-state index < -0.39 is 11.4 Å². The first-order valence-corrected chi connectivity index (χ1v) is 10.2. The molecule has 1 aliphatic rings. The molecule has 0 bridgehead atoms. The molecule has 0 saturated heterocycles. The zero-order valence-corrected chi connectivity index (χ0v) is 15.1. The van der Waals surface area contributed by atoms with Crippen LogP contribution in [-0.4, -0.2) is 24.6 Å². The van der Waals surface area contributed by atoms with Crippen LogP contribution < -0.4 is 4.72 Å². The van der Waals surface area contributed by atoms with Crippen molar-refractivity contribution in [1.82, 2.24) is 19.1 Å². The highest BCUT2D eigenvalue weighted by atomic mass is 32.2. The lowest BCUT2D eigenvalue weighted by Crippen LogP contribution is -2.29. The number of rotatable bonds is 8. The minimum Gasteiger partial charge on any atom is -0.598 e. The maximum Gasteiger partial charge on any atom is 0.173 e. The molecule has 3 rings (SSSR count).